The van der Waals surface area contributed by atoms with Crippen molar-refractivity contribution in [1.82, 2.24) is 0 Å². The zero-order valence-electron chi connectivity index (χ0n) is 17.8. The van der Waals surface area contributed by atoms with Crippen LogP contribution in [0.5, 0.6) is 5.75 Å². The summed E-state index contributed by atoms with van der Waals surface area (Å²) in [5.74, 6) is -0.145. The van der Waals surface area contributed by atoms with E-state index in [2.05, 4.69) is 5.32 Å². The number of nitrogens with zero attached hydrogens (tertiary/aromatic N) is 1. The summed E-state index contributed by atoms with van der Waals surface area (Å²) < 4.78 is 5.56. The lowest BCUT2D eigenvalue weighted by atomic mass is 9.99. The van der Waals surface area contributed by atoms with E-state index in [-0.39, 0.29) is 11.6 Å². The number of nitrogens with one attached hydrogen (secondary N) is 1. The molecule has 0 aromatic heterocycles. The van der Waals surface area contributed by atoms with E-state index in [1.807, 2.05) is 69.3 Å². The van der Waals surface area contributed by atoms with Gasteiger partial charge in [-0.15, -0.1) is 0 Å². The first-order chi connectivity index (χ1) is 15.0. The topological polar surface area (TPSA) is 58.6 Å². The van der Waals surface area contributed by atoms with Crippen molar-refractivity contribution in [2.24, 2.45) is 0 Å². The Morgan fingerprint density at radius 1 is 0.839 bits per heavy atom. The fraction of sp³-hybridized carbons (Fsp3) is 0.154. The monoisotopic (exact) mass is 412 g/mol. The number of carbonyl (C=O) groups is 2. The fourth-order valence-electron chi connectivity index (χ4n) is 3.59. The summed E-state index contributed by atoms with van der Waals surface area (Å²) in [6.07, 6.45) is 0. The van der Waals surface area contributed by atoms with E-state index >= 15 is 0 Å². The lowest BCUT2D eigenvalue weighted by Crippen LogP contribution is -2.32. The minimum absolute atomic E-state index is 0.265. The number of anilines is 2. The molecule has 31 heavy (non-hydrogen) atoms. The number of hydrogen-bond donors (Lipinski definition) is 1. The van der Waals surface area contributed by atoms with Crippen LogP contribution >= 0.6 is 0 Å². The molecule has 0 bridgehead atoms. The predicted molar refractivity (Wildman–Crippen MR) is 123 cm³/mol. The summed E-state index contributed by atoms with van der Waals surface area (Å²) in [4.78, 5) is 28.2. The van der Waals surface area contributed by atoms with E-state index in [1.165, 1.54) is 4.90 Å². The first kappa shape index (κ1) is 20.4. The smallest absolute Gasteiger partial charge is 0.282 e. The summed E-state index contributed by atoms with van der Waals surface area (Å²) in [5.41, 5.74) is 4.74. The highest BCUT2D eigenvalue weighted by molar-refractivity contribution is 6.46. The average Bonchev–Trinajstić information content (AvgIpc) is 3.01. The van der Waals surface area contributed by atoms with Crippen molar-refractivity contribution >= 4 is 28.8 Å². The molecule has 1 N–H and O–H groups in total. The van der Waals surface area contributed by atoms with E-state index in [0.29, 0.717) is 29.2 Å². The van der Waals surface area contributed by atoms with Crippen molar-refractivity contribution in [2.45, 2.75) is 20.8 Å². The number of ether oxygens (including phenoxy) is 1. The molecule has 0 atom stereocenters. The van der Waals surface area contributed by atoms with Crippen LogP contribution in [0.15, 0.2) is 78.5 Å². The number of aryl methyl sites for hydroxylation is 2. The molecule has 3 aromatic carbocycles. The van der Waals surface area contributed by atoms with E-state index in [0.717, 1.165) is 16.8 Å². The number of amides is 2. The second kappa shape index (κ2) is 8.48. The fourth-order valence-corrected chi connectivity index (χ4v) is 3.59. The van der Waals surface area contributed by atoms with Crippen molar-refractivity contribution in [3.05, 3.63) is 95.2 Å². The molecule has 1 heterocycles. The molecule has 0 saturated carbocycles. The number of benzene rings is 3. The Kier molecular flexibility index (Phi) is 5.58. The lowest BCUT2D eigenvalue weighted by Gasteiger charge is -2.16. The number of carbonyl (C=O) groups excluding carboxylic acids is 2. The highest BCUT2D eigenvalue weighted by Gasteiger charge is 2.40. The highest BCUT2D eigenvalue weighted by Crippen LogP contribution is 2.35. The summed E-state index contributed by atoms with van der Waals surface area (Å²) in [7, 11) is 0. The Morgan fingerprint density at radius 3 is 2.32 bits per heavy atom. The maximum atomic E-state index is 13.5. The third kappa shape index (κ3) is 3.94. The molecule has 156 valence electrons. The second-order valence-corrected chi connectivity index (χ2v) is 7.42. The SMILES string of the molecule is CCOc1cccc(N2C(=O)C(Nc3ccccc3)=C(c3ccc(C)c(C)c3)C2=O)c1. The standard InChI is InChI=1S/C26H24N2O3/c1-4-31-22-12-8-11-21(16-22)28-25(29)23(19-14-13-17(2)18(3)15-19)24(26(28)30)27-20-9-6-5-7-10-20/h5-16,27H,4H2,1-3H3. The van der Waals surface area contributed by atoms with E-state index in [1.54, 1.807) is 24.3 Å². The zero-order valence-corrected chi connectivity index (χ0v) is 17.8. The molecule has 1 aliphatic rings. The van der Waals surface area contributed by atoms with Gasteiger partial charge in [0.2, 0.25) is 0 Å². The first-order valence-corrected chi connectivity index (χ1v) is 10.2. The van der Waals surface area contributed by atoms with Gasteiger partial charge in [-0.25, -0.2) is 4.90 Å². The Labute approximate surface area is 182 Å². The maximum Gasteiger partial charge on any atom is 0.282 e. The normalized spacial score (nSPS) is 13.7. The van der Waals surface area contributed by atoms with Crippen molar-refractivity contribution in [1.29, 1.82) is 0 Å². The highest BCUT2D eigenvalue weighted by atomic mass is 16.5. The molecule has 0 saturated heterocycles. The summed E-state index contributed by atoms with van der Waals surface area (Å²) in [6.45, 7) is 6.40. The van der Waals surface area contributed by atoms with E-state index in [4.69, 9.17) is 4.74 Å². The third-order valence-electron chi connectivity index (χ3n) is 5.31. The minimum atomic E-state index is -0.393. The van der Waals surface area contributed by atoms with Gasteiger partial charge in [-0.05, 0) is 61.7 Å². The summed E-state index contributed by atoms with van der Waals surface area (Å²) in [5, 5.41) is 3.18. The van der Waals surface area contributed by atoms with Crippen LogP contribution < -0.4 is 15.0 Å². The molecule has 0 spiro atoms. The quantitative estimate of drug-likeness (QED) is 0.573. The van der Waals surface area contributed by atoms with Gasteiger partial charge in [-0.3, -0.25) is 9.59 Å². The van der Waals surface area contributed by atoms with E-state index < -0.39 is 5.91 Å². The molecule has 2 amide bonds. The van der Waals surface area contributed by atoms with Gasteiger partial charge in [-0.1, -0.05) is 42.5 Å². The van der Waals surface area contributed by atoms with Gasteiger partial charge in [0.05, 0.1) is 17.9 Å². The third-order valence-corrected chi connectivity index (χ3v) is 5.31. The molecule has 5 nitrogen and oxygen atoms in total. The van der Waals surface area contributed by atoms with Gasteiger partial charge in [0, 0.05) is 11.8 Å². The Balaban J connectivity index is 1.82. The van der Waals surface area contributed by atoms with Crippen LogP contribution in [0.25, 0.3) is 5.57 Å². The molecule has 0 aliphatic carbocycles. The minimum Gasteiger partial charge on any atom is -0.494 e. The van der Waals surface area contributed by atoms with Gasteiger partial charge in [0.15, 0.2) is 0 Å². The number of para-hydroxylation sites is 1. The van der Waals surface area contributed by atoms with Gasteiger partial charge in [0.25, 0.3) is 11.8 Å². The molecule has 5 heteroatoms. The second-order valence-electron chi connectivity index (χ2n) is 7.42. The van der Waals surface area contributed by atoms with Gasteiger partial charge in [0.1, 0.15) is 11.4 Å². The van der Waals surface area contributed by atoms with Crippen LogP contribution in [0.4, 0.5) is 11.4 Å². The molecule has 0 fully saturated rings. The van der Waals surface area contributed by atoms with Crippen molar-refractivity contribution in [3.63, 3.8) is 0 Å². The molecule has 0 radical (unpaired) electrons. The number of imide groups is 1. The Hall–Kier alpha value is -3.86. The summed E-state index contributed by atoms with van der Waals surface area (Å²) in [6, 6.07) is 22.2. The largest absolute Gasteiger partial charge is 0.494 e. The average molecular weight is 412 g/mol. The molecular weight excluding hydrogens is 388 g/mol. The number of hydrogen-bond acceptors (Lipinski definition) is 4. The zero-order chi connectivity index (χ0) is 22.0. The van der Waals surface area contributed by atoms with Crippen LogP contribution in [0.3, 0.4) is 0 Å². The predicted octanol–water partition coefficient (Wildman–Crippen LogP) is 5.10. The van der Waals surface area contributed by atoms with Gasteiger partial charge in [-0.2, -0.15) is 0 Å². The molecular formula is C26H24N2O3. The van der Waals surface area contributed by atoms with E-state index in [9.17, 15) is 9.59 Å². The molecule has 3 aromatic rings. The van der Waals surface area contributed by atoms with Crippen molar-refractivity contribution < 1.29 is 14.3 Å². The van der Waals surface area contributed by atoms with Crippen LogP contribution in [-0.2, 0) is 9.59 Å². The molecule has 4 rings (SSSR count). The van der Waals surface area contributed by atoms with Gasteiger partial charge >= 0.3 is 0 Å². The first-order valence-electron chi connectivity index (χ1n) is 10.2. The summed E-state index contributed by atoms with van der Waals surface area (Å²) >= 11 is 0. The van der Waals surface area contributed by atoms with Gasteiger partial charge < -0.3 is 10.1 Å². The lowest BCUT2D eigenvalue weighted by molar-refractivity contribution is -0.120. The molecule has 1 aliphatic heterocycles. The van der Waals surface area contributed by atoms with Crippen LogP contribution in [0, 0.1) is 13.8 Å². The van der Waals surface area contributed by atoms with Crippen LogP contribution in [-0.4, -0.2) is 18.4 Å². The van der Waals surface area contributed by atoms with Crippen LogP contribution in [0.1, 0.15) is 23.6 Å². The van der Waals surface area contributed by atoms with Crippen LogP contribution in [0.2, 0.25) is 0 Å². The van der Waals surface area contributed by atoms with Crippen molar-refractivity contribution in [2.75, 3.05) is 16.8 Å². The Bertz CT molecular complexity index is 1180. The molecule has 0 unspecified atom stereocenters. The Morgan fingerprint density at radius 2 is 1.61 bits per heavy atom. The number of rotatable bonds is 6. The maximum absolute atomic E-state index is 13.5. The van der Waals surface area contributed by atoms with Crippen molar-refractivity contribution in [3.8, 4) is 5.75 Å².